The molecular weight excluding hydrogens is 386 g/mol. The average molecular weight is 416 g/mol. The van der Waals surface area contributed by atoms with Crippen molar-refractivity contribution in [3.05, 3.63) is 51.7 Å². The van der Waals surface area contributed by atoms with Crippen LogP contribution >= 0.6 is 11.3 Å². The van der Waals surface area contributed by atoms with E-state index in [0.717, 1.165) is 36.2 Å². The second-order valence-corrected chi connectivity index (χ2v) is 8.64. The van der Waals surface area contributed by atoms with E-state index in [9.17, 15) is 9.59 Å². The lowest BCUT2D eigenvalue weighted by atomic mass is 10.1. The van der Waals surface area contributed by atoms with Gasteiger partial charge in [-0.05, 0) is 61.9 Å². The lowest BCUT2D eigenvalue weighted by Gasteiger charge is -2.23. The van der Waals surface area contributed by atoms with Gasteiger partial charge in [0.25, 0.3) is 5.91 Å². The van der Waals surface area contributed by atoms with Crippen LogP contribution in [0.15, 0.2) is 36.4 Å². The lowest BCUT2D eigenvalue weighted by molar-refractivity contribution is -0.117. The Morgan fingerprint density at radius 2 is 1.90 bits per heavy atom. The van der Waals surface area contributed by atoms with E-state index < -0.39 is 5.97 Å². The first-order chi connectivity index (χ1) is 14.1. The van der Waals surface area contributed by atoms with Crippen molar-refractivity contribution >= 4 is 28.9 Å². The third-order valence-corrected chi connectivity index (χ3v) is 6.37. The Hall–Kier alpha value is -2.18. The molecule has 0 bridgehead atoms. The van der Waals surface area contributed by atoms with Crippen molar-refractivity contribution in [2.75, 3.05) is 11.5 Å². The number of carbonyl (C=O) groups excluding carboxylic acids is 1. The SMILES string of the molecule is CCCCCCc1ccc(N2C(=O)CO[C@H]2CCCc2ccc(C(=O)O)s2)cc1. The first kappa shape index (κ1) is 21.5. The fraction of sp³-hybridized carbons (Fsp3) is 0.478. The minimum absolute atomic E-state index is 0.00465. The number of aryl methyl sites for hydroxylation is 2. The van der Waals surface area contributed by atoms with Gasteiger partial charge in [0.15, 0.2) is 0 Å². The monoisotopic (exact) mass is 415 g/mol. The molecule has 2 heterocycles. The quantitative estimate of drug-likeness (QED) is 0.507. The van der Waals surface area contributed by atoms with E-state index in [1.165, 1.54) is 42.6 Å². The summed E-state index contributed by atoms with van der Waals surface area (Å²) in [5, 5.41) is 9.02. The standard InChI is InChI=1S/C23H29NO4S/c1-2-3-4-5-7-17-10-12-18(13-11-17)24-21(25)16-28-22(24)9-6-8-19-14-15-20(29-19)23(26)27/h10-15,22H,2-9,16H2,1H3,(H,26,27)/t22-/m0/s1. The second-order valence-electron chi connectivity index (χ2n) is 7.47. The molecule has 1 aromatic carbocycles. The van der Waals surface area contributed by atoms with Crippen LogP contribution in [-0.2, 0) is 22.4 Å². The van der Waals surface area contributed by atoms with Crippen molar-refractivity contribution in [3.8, 4) is 0 Å². The van der Waals surface area contributed by atoms with Crippen LogP contribution < -0.4 is 4.90 Å². The Balaban J connectivity index is 1.53. The third-order valence-electron chi connectivity index (χ3n) is 5.24. The van der Waals surface area contributed by atoms with Crippen LogP contribution in [0.3, 0.4) is 0 Å². The summed E-state index contributed by atoms with van der Waals surface area (Å²) in [7, 11) is 0. The fourth-order valence-electron chi connectivity index (χ4n) is 3.65. The van der Waals surface area contributed by atoms with Crippen molar-refractivity contribution in [2.24, 2.45) is 0 Å². The van der Waals surface area contributed by atoms with Crippen molar-refractivity contribution in [1.29, 1.82) is 0 Å². The number of carboxylic acid groups (broad SMARTS) is 1. The van der Waals surface area contributed by atoms with Gasteiger partial charge < -0.3 is 9.84 Å². The van der Waals surface area contributed by atoms with E-state index in [-0.39, 0.29) is 18.7 Å². The topological polar surface area (TPSA) is 66.8 Å². The number of carbonyl (C=O) groups is 2. The lowest BCUT2D eigenvalue weighted by Crippen LogP contribution is -2.33. The third kappa shape index (κ3) is 5.90. The van der Waals surface area contributed by atoms with Gasteiger partial charge in [-0.2, -0.15) is 0 Å². The first-order valence-corrected chi connectivity index (χ1v) is 11.2. The highest BCUT2D eigenvalue weighted by atomic mass is 32.1. The molecule has 1 fully saturated rings. The molecule has 0 spiro atoms. The zero-order chi connectivity index (χ0) is 20.6. The Morgan fingerprint density at radius 3 is 2.59 bits per heavy atom. The van der Waals surface area contributed by atoms with Crippen molar-refractivity contribution in [3.63, 3.8) is 0 Å². The van der Waals surface area contributed by atoms with E-state index in [4.69, 9.17) is 9.84 Å². The Bertz CT molecular complexity index is 815. The van der Waals surface area contributed by atoms with Crippen LogP contribution in [0.1, 0.15) is 65.6 Å². The summed E-state index contributed by atoms with van der Waals surface area (Å²) >= 11 is 1.31. The van der Waals surface area contributed by atoms with Gasteiger partial charge in [-0.3, -0.25) is 9.69 Å². The fourth-order valence-corrected chi connectivity index (χ4v) is 4.54. The van der Waals surface area contributed by atoms with E-state index >= 15 is 0 Å². The highest BCUT2D eigenvalue weighted by Crippen LogP contribution is 2.27. The maximum Gasteiger partial charge on any atom is 0.345 e. The van der Waals surface area contributed by atoms with Crippen molar-refractivity contribution < 1.29 is 19.4 Å². The predicted octanol–water partition coefficient (Wildman–Crippen LogP) is 5.28. The predicted molar refractivity (Wildman–Crippen MR) is 116 cm³/mol. The van der Waals surface area contributed by atoms with Gasteiger partial charge in [0.2, 0.25) is 0 Å². The molecule has 6 heteroatoms. The molecule has 0 radical (unpaired) electrons. The van der Waals surface area contributed by atoms with E-state index in [1.807, 2.05) is 18.2 Å². The summed E-state index contributed by atoms with van der Waals surface area (Å²) in [6, 6.07) is 11.8. The van der Waals surface area contributed by atoms with Crippen LogP contribution in [0.25, 0.3) is 0 Å². The van der Waals surface area contributed by atoms with Gasteiger partial charge in [-0.1, -0.05) is 38.3 Å². The second kappa shape index (κ2) is 10.6. The highest BCUT2D eigenvalue weighted by Gasteiger charge is 2.32. The number of aromatic carboxylic acids is 1. The number of unbranched alkanes of at least 4 members (excludes halogenated alkanes) is 3. The van der Waals surface area contributed by atoms with Crippen LogP contribution in [-0.4, -0.2) is 29.8 Å². The summed E-state index contributed by atoms with van der Waals surface area (Å²) in [6.45, 7) is 2.33. The normalized spacial score (nSPS) is 16.5. The molecule has 0 unspecified atom stereocenters. The smallest absolute Gasteiger partial charge is 0.345 e. The summed E-state index contributed by atoms with van der Waals surface area (Å²) in [5.41, 5.74) is 2.19. The molecule has 1 atom stereocenters. The summed E-state index contributed by atoms with van der Waals surface area (Å²) in [4.78, 5) is 26.5. The summed E-state index contributed by atoms with van der Waals surface area (Å²) in [5.74, 6) is -0.888. The molecule has 0 aliphatic carbocycles. The Morgan fingerprint density at radius 1 is 1.10 bits per heavy atom. The molecule has 1 amide bonds. The number of ether oxygens (including phenoxy) is 1. The Kier molecular flexibility index (Phi) is 7.83. The molecule has 2 aromatic rings. The molecule has 5 nitrogen and oxygen atoms in total. The molecule has 156 valence electrons. The molecule has 1 saturated heterocycles. The number of amides is 1. The first-order valence-electron chi connectivity index (χ1n) is 10.4. The highest BCUT2D eigenvalue weighted by molar-refractivity contribution is 7.13. The number of anilines is 1. The largest absolute Gasteiger partial charge is 0.477 e. The molecule has 1 aromatic heterocycles. The van der Waals surface area contributed by atoms with Gasteiger partial charge in [-0.15, -0.1) is 11.3 Å². The molecule has 1 aliphatic rings. The number of rotatable bonds is 11. The minimum Gasteiger partial charge on any atom is -0.477 e. The number of thiophene rings is 1. The molecular formula is C23H29NO4S. The maximum atomic E-state index is 12.4. The van der Waals surface area contributed by atoms with Crippen molar-refractivity contribution in [2.45, 2.75) is 64.5 Å². The van der Waals surface area contributed by atoms with Crippen LogP contribution in [0.5, 0.6) is 0 Å². The van der Waals surface area contributed by atoms with Gasteiger partial charge in [0, 0.05) is 10.6 Å². The summed E-state index contributed by atoms with van der Waals surface area (Å²) in [6.07, 6.45) is 8.16. The Labute approximate surface area is 176 Å². The number of carboxylic acids is 1. The molecule has 29 heavy (non-hydrogen) atoms. The zero-order valence-electron chi connectivity index (χ0n) is 16.9. The number of hydrogen-bond donors (Lipinski definition) is 1. The van der Waals surface area contributed by atoms with Gasteiger partial charge >= 0.3 is 5.97 Å². The van der Waals surface area contributed by atoms with Crippen LogP contribution in [0.4, 0.5) is 5.69 Å². The summed E-state index contributed by atoms with van der Waals surface area (Å²) < 4.78 is 5.72. The van der Waals surface area contributed by atoms with Crippen LogP contribution in [0, 0.1) is 0 Å². The van der Waals surface area contributed by atoms with E-state index in [2.05, 4.69) is 19.1 Å². The van der Waals surface area contributed by atoms with Gasteiger partial charge in [0.05, 0.1) is 0 Å². The van der Waals surface area contributed by atoms with E-state index in [1.54, 1.807) is 11.0 Å². The van der Waals surface area contributed by atoms with E-state index in [0.29, 0.717) is 4.88 Å². The van der Waals surface area contributed by atoms with Crippen molar-refractivity contribution in [1.82, 2.24) is 0 Å². The molecule has 1 N–H and O–H groups in total. The molecule has 0 saturated carbocycles. The molecule has 3 rings (SSSR count). The zero-order valence-corrected chi connectivity index (χ0v) is 17.7. The average Bonchev–Trinajstić information content (AvgIpc) is 3.33. The van der Waals surface area contributed by atoms with Gasteiger partial charge in [0.1, 0.15) is 17.7 Å². The number of nitrogens with zero attached hydrogens (tertiary/aromatic N) is 1. The number of hydrogen-bond acceptors (Lipinski definition) is 4. The minimum atomic E-state index is -0.883. The molecule has 1 aliphatic heterocycles. The van der Waals surface area contributed by atoms with Gasteiger partial charge in [-0.25, -0.2) is 4.79 Å². The number of benzene rings is 1. The van der Waals surface area contributed by atoms with Crippen LogP contribution in [0.2, 0.25) is 0 Å². The maximum absolute atomic E-state index is 12.4.